The Morgan fingerprint density at radius 2 is 1.81 bits per heavy atom. The van der Waals surface area contributed by atoms with Crippen molar-refractivity contribution in [2.45, 2.75) is 13.3 Å². The minimum absolute atomic E-state index is 0.112. The van der Waals surface area contributed by atoms with Crippen LogP contribution in [0.15, 0.2) is 56.4 Å². The first-order valence-electron chi connectivity index (χ1n) is 8.08. The Bertz CT molecular complexity index is 1130. The van der Waals surface area contributed by atoms with Crippen molar-refractivity contribution in [3.8, 4) is 28.7 Å². The van der Waals surface area contributed by atoms with E-state index in [-0.39, 0.29) is 11.5 Å². The van der Waals surface area contributed by atoms with Gasteiger partial charge in [-0.3, -0.25) is 4.98 Å². The van der Waals surface area contributed by atoms with Crippen LogP contribution in [0.2, 0.25) is 0 Å². The van der Waals surface area contributed by atoms with Crippen LogP contribution in [0, 0.1) is 0 Å². The molecule has 0 aliphatic carbocycles. The molecule has 3 heterocycles. The fraction of sp³-hybridized carbons (Fsp3) is 0.158. The van der Waals surface area contributed by atoms with Gasteiger partial charge < -0.3 is 13.6 Å². The lowest BCUT2D eigenvalue weighted by Gasteiger charge is -2.08. The van der Waals surface area contributed by atoms with Gasteiger partial charge in [0.05, 0.1) is 7.11 Å². The van der Waals surface area contributed by atoms with Crippen molar-refractivity contribution in [3.63, 3.8) is 0 Å². The molecular weight excluding hydrogens is 334 g/mol. The predicted octanol–water partition coefficient (Wildman–Crippen LogP) is 3.48. The third kappa shape index (κ3) is 2.73. The quantitative estimate of drug-likeness (QED) is 0.521. The van der Waals surface area contributed by atoms with Crippen molar-refractivity contribution in [1.29, 1.82) is 0 Å². The molecule has 7 nitrogen and oxygen atoms in total. The highest BCUT2D eigenvalue weighted by Gasteiger charge is 2.17. The predicted molar refractivity (Wildman–Crippen MR) is 94.9 cm³/mol. The average molecular weight is 349 g/mol. The smallest absolute Gasteiger partial charge is 0.349 e. The number of methoxy groups -OCH3 is 1. The summed E-state index contributed by atoms with van der Waals surface area (Å²) in [4.78, 5) is 16.3. The number of benzene rings is 1. The number of ether oxygens (including phenoxy) is 1. The first-order valence-corrected chi connectivity index (χ1v) is 8.08. The lowest BCUT2D eigenvalue weighted by molar-refractivity contribution is 0.409. The Morgan fingerprint density at radius 3 is 2.54 bits per heavy atom. The number of hydrogen-bond donors (Lipinski definition) is 0. The zero-order valence-electron chi connectivity index (χ0n) is 14.2. The minimum atomic E-state index is -0.547. The number of hydrogen-bond acceptors (Lipinski definition) is 7. The Kier molecular flexibility index (Phi) is 3.96. The van der Waals surface area contributed by atoms with Gasteiger partial charge in [-0.25, -0.2) is 4.79 Å². The van der Waals surface area contributed by atoms with Gasteiger partial charge in [0.15, 0.2) is 0 Å². The van der Waals surface area contributed by atoms with Gasteiger partial charge >= 0.3 is 5.63 Å². The van der Waals surface area contributed by atoms with Gasteiger partial charge in [0.25, 0.3) is 5.89 Å². The maximum atomic E-state index is 12.4. The molecule has 4 aromatic rings. The summed E-state index contributed by atoms with van der Waals surface area (Å²) in [6.45, 7) is 2.03. The molecule has 7 heteroatoms. The molecule has 1 aromatic carbocycles. The largest absolute Gasteiger partial charge is 0.496 e. The summed E-state index contributed by atoms with van der Waals surface area (Å²) in [7, 11) is 1.59. The van der Waals surface area contributed by atoms with E-state index >= 15 is 0 Å². The highest BCUT2D eigenvalue weighted by molar-refractivity contribution is 5.82. The van der Waals surface area contributed by atoms with Gasteiger partial charge in [-0.2, -0.15) is 0 Å². The van der Waals surface area contributed by atoms with Crippen LogP contribution in [0.4, 0.5) is 0 Å². The van der Waals surface area contributed by atoms with E-state index in [1.165, 1.54) is 0 Å². The summed E-state index contributed by atoms with van der Waals surface area (Å²) in [5, 5.41) is 8.75. The van der Waals surface area contributed by atoms with Crippen LogP contribution in [0.25, 0.3) is 33.9 Å². The van der Waals surface area contributed by atoms with Crippen molar-refractivity contribution in [3.05, 3.63) is 58.7 Å². The third-order valence-corrected chi connectivity index (χ3v) is 4.10. The molecule has 0 unspecified atom stereocenters. The number of aromatic nitrogens is 3. The molecule has 0 bridgehead atoms. The number of rotatable bonds is 4. The summed E-state index contributed by atoms with van der Waals surface area (Å²) in [5.41, 5.74) is 1.86. The molecule has 130 valence electrons. The van der Waals surface area contributed by atoms with E-state index in [9.17, 15) is 4.79 Å². The van der Waals surface area contributed by atoms with E-state index < -0.39 is 5.63 Å². The molecule has 4 rings (SSSR count). The second-order valence-electron chi connectivity index (χ2n) is 5.65. The molecule has 26 heavy (non-hydrogen) atoms. The van der Waals surface area contributed by atoms with E-state index in [1.54, 1.807) is 43.8 Å². The number of aryl methyl sites for hydroxylation is 1. The van der Waals surface area contributed by atoms with Gasteiger partial charge in [0.2, 0.25) is 5.89 Å². The average Bonchev–Trinajstić information content (AvgIpc) is 3.17. The van der Waals surface area contributed by atoms with Gasteiger partial charge in [0, 0.05) is 29.4 Å². The minimum Gasteiger partial charge on any atom is -0.496 e. The highest BCUT2D eigenvalue weighted by atomic mass is 16.5. The Morgan fingerprint density at radius 1 is 1.04 bits per heavy atom. The molecule has 0 aliphatic rings. The molecule has 0 radical (unpaired) electrons. The topological polar surface area (TPSA) is 91.2 Å². The van der Waals surface area contributed by atoms with E-state index in [2.05, 4.69) is 15.2 Å². The fourth-order valence-corrected chi connectivity index (χ4v) is 2.75. The standard InChI is InChI=1S/C19H15N3O4/c1-3-11-8-13-9-14(19(23)25-16(13)10-15(11)24-2)18-22-21-17(26-18)12-4-6-20-7-5-12/h4-10H,3H2,1-2H3. The van der Waals surface area contributed by atoms with Gasteiger partial charge in [-0.15, -0.1) is 10.2 Å². The van der Waals surface area contributed by atoms with E-state index in [0.717, 1.165) is 22.9 Å². The number of fused-ring (bicyclic) bond motifs is 1. The van der Waals surface area contributed by atoms with Crippen molar-refractivity contribution in [2.75, 3.05) is 7.11 Å². The van der Waals surface area contributed by atoms with E-state index in [0.29, 0.717) is 17.2 Å². The van der Waals surface area contributed by atoms with E-state index in [4.69, 9.17) is 13.6 Å². The van der Waals surface area contributed by atoms with Crippen LogP contribution >= 0.6 is 0 Å². The summed E-state index contributed by atoms with van der Waals surface area (Å²) < 4.78 is 16.4. The molecule has 0 atom stereocenters. The van der Waals surface area contributed by atoms with Crippen LogP contribution in [0.1, 0.15) is 12.5 Å². The summed E-state index contributed by atoms with van der Waals surface area (Å²) in [5.74, 6) is 1.11. The second kappa shape index (κ2) is 6.44. The monoisotopic (exact) mass is 349 g/mol. The van der Waals surface area contributed by atoms with Crippen LogP contribution in [0.5, 0.6) is 5.75 Å². The molecule has 0 saturated carbocycles. The van der Waals surface area contributed by atoms with Crippen LogP contribution in [-0.4, -0.2) is 22.3 Å². The highest BCUT2D eigenvalue weighted by Crippen LogP contribution is 2.28. The summed E-state index contributed by atoms with van der Waals surface area (Å²) >= 11 is 0. The van der Waals surface area contributed by atoms with Crippen LogP contribution in [-0.2, 0) is 6.42 Å². The Labute approximate surface area is 148 Å². The molecule has 0 saturated heterocycles. The molecule has 0 spiro atoms. The molecular formula is C19H15N3O4. The maximum absolute atomic E-state index is 12.4. The zero-order chi connectivity index (χ0) is 18.1. The normalized spacial score (nSPS) is 11.0. The van der Waals surface area contributed by atoms with Crippen molar-refractivity contribution < 1.29 is 13.6 Å². The van der Waals surface area contributed by atoms with Crippen molar-refractivity contribution >= 4 is 11.0 Å². The lowest BCUT2D eigenvalue weighted by atomic mass is 10.1. The first kappa shape index (κ1) is 16.0. The SMILES string of the molecule is CCc1cc2cc(-c3nnc(-c4ccncc4)o3)c(=O)oc2cc1OC. The molecule has 0 fully saturated rings. The third-order valence-electron chi connectivity index (χ3n) is 4.10. The van der Waals surface area contributed by atoms with E-state index in [1.807, 2.05) is 13.0 Å². The molecule has 0 amide bonds. The van der Waals surface area contributed by atoms with Crippen LogP contribution in [0.3, 0.4) is 0 Å². The zero-order valence-corrected chi connectivity index (χ0v) is 14.2. The molecule has 0 N–H and O–H groups in total. The Hall–Kier alpha value is -3.48. The van der Waals surface area contributed by atoms with Crippen LogP contribution < -0.4 is 10.4 Å². The molecule has 0 aliphatic heterocycles. The Balaban J connectivity index is 1.83. The first-order chi connectivity index (χ1) is 12.7. The van der Waals surface area contributed by atoms with Crippen molar-refractivity contribution in [1.82, 2.24) is 15.2 Å². The fourth-order valence-electron chi connectivity index (χ4n) is 2.75. The van der Waals surface area contributed by atoms with Crippen molar-refractivity contribution in [2.24, 2.45) is 0 Å². The molecule has 3 aromatic heterocycles. The maximum Gasteiger partial charge on any atom is 0.349 e. The van der Waals surface area contributed by atoms with Gasteiger partial charge in [-0.05, 0) is 36.2 Å². The summed E-state index contributed by atoms with van der Waals surface area (Å²) in [6, 6.07) is 8.85. The number of nitrogens with zero attached hydrogens (tertiary/aromatic N) is 3. The lowest BCUT2D eigenvalue weighted by Crippen LogP contribution is -2.03. The van der Waals surface area contributed by atoms with Gasteiger partial charge in [-0.1, -0.05) is 6.92 Å². The van der Waals surface area contributed by atoms with Gasteiger partial charge in [0.1, 0.15) is 16.9 Å². The second-order valence-corrected chi connectivity index (χ2v) is 5.65. The number of pyridine rings is 1. The summed E-state index contributed by atoms with van der Waals surface area (Å²) in [6.07, 6.45) is 4.05.